The number of hydrogen-bond donors (Lipinski definition) is 2. The number of nitrogens with zero attached hydrogens (tertiary/aromatic N) is 2. The number of benzene rings is 1. The molecule has 0 saturated carbocycles. The molecule has 2 rings (SSSR count). The van der Waals surface area contributed by atoms with Gasteiger partial charge in [0, 0.05) is 25.6 Å². The number of guanidine groups is 1. The fourth-order valence-electron chi connectivity index (χ4n) is 2.73. The third-order valence-electron chi connectivity index (χ3n) is 4.35. The Morgan fingerprint density at radius 2 is 1.96 bits per heavy atom. The Balaban J connectivity index is 0.00000392. The first kappa shape index (κ1) is 24.2. The summed E-state index contributed by atoms with van der Waals surface area (Å²) in [5, 5.41) is 10.6. The molecule has 0 amide bonds. The second kappa shape index (κ2) is 12.6. The molecular formula is C20H30FIN4O2. The summed E-state index contributed by atoms with van der Waals surface area (Å²) in [7, 11) is 1.71. The third kappa shape index (κ3) is 6.65. The van der Waals surface area contributed by atoms with Crippen LogP contribution in [0.2, 0.25) is 0 Å². The standard InChI is InChI=1S/C20H29FN4O2.HI/c1-5-14(26-19-11-9-8-10-16(19)21)12-23-20(22-4)24-13-15-17(6-2)25-27-18(15)7-3;/h8-11,14H,5-7,12-13H2,1-4H3,(H2,22,23,24);1H. The van der Waals surface area contributed by atoms with E-state index in [4.69, 9.17) is 9.26 Å². The Morgan fingerprint density at radius 3 is 2.57 bits per heavy atom. The molecule has 0 radical (unpaired) electrons. The predicted octanol–water partition coefficient (Wildman–Crippen LogP) is 4.08. The molecule has 156 valence electrons. The summed E-state index contributed by atoms with van der Waals surface area (Å²) in [6.45, 7) is 7.19. The normalized spacial score (nSPS) is 12.2. The molecule has 0 aliphatic heterocycles. The van der Waals surface area contributed by atoms with E-state index in [1.807, 2.05) is 13.8 Å². The average Bonchev–Trinajstić information content (AvgIpc) is 3.10. The summed E-state index contributed by atoms with van der Waals surface area (Å²) >= 11 is 0. The molecule has 1 heterocycles. The van der Waals surface area contributed by atoms with Crippen molar-refractivity contribution in [3.8, 4) is 5.75 Å². The van der Waals surface area contributed by atoms with Crippen LogP contribution in [0.15, 0.2) is 33.8 Å². The summed E-state index contributed by atoms with van der Waals surface area (Å²) in [6.07, 6.45) is 2.18. The number of halogens is 2. The molecule has 0 aliphatic carbocycles. The minimum Gasteiger partial charge on any atom is -0.486 e. The highest BCUT2D eigenvalue weighted by Crippen LogP contribution is 2.18. The van der Waals surface area contributed by atoms with E-state index in [-0.39, 0.29) is 41.6 Å². The van der Waals surface area contributed by atoms with Crippen LogP contribution in [0.3, 0.4) is 0 Å². The third-order valence-corrected chi connectivity index (χ3v) is 4.35. The number of nitrogens with one attached hydrogen (secondary N) is 2. The number of hydrogen-bond acceptors (Lipinski definition) is 4. The maximum atomic E-state index is 13.8. The zero-order valence-corrected chi connectivity index (χ0v) is 19.2. The first-order valence-corrected chi connectivity index (χ1v) is 9.44. The minimum absolute atomic E-state index is 0. The highest BCUT2D eigenvalue weighted by atomic mass is 127. The van der Waals surface area contributed by atoms with Crippen LogP contribution in [0.25, 0.3) is 0 Å². The van der Waals surface area contributed by atoms with Crippen molar-refractivity contribution in [2.24, 2.45) is 4.99 Å². The van der Waals surface area contributed by atoms with Gasteiger partial charge in [-0.25, -0.2) is 4.39 Å². The van der Waals surface area contributed by atoms with Gasteiger partial charge in [0.1, 0.15) is 11.9 Å². The fraction of sp³-hybridized carbons (Fsp3) is 0.500. The monoisotopic (exact) mass is 504 g/mol. The molecular weight excluding hydrogens is 474 g/mol. The molecule has 2 aromatic rings. The fourth-order valence-corrected chi connectivity index (χ4v) is 2.73. The largest absolute Gasteiger partial charge is 0.486 e. The van der Waals surface area contributed by atoms with Crippen molar-refractivity contribution in [1.82, 2.24) is 15.8 Å². The van der Waals surface area contributed by atoms with Gasteiger partial charge in [-0.05, 0) is 25.0 Å². The van der Waals surface area contributed by atoms with Crippen LogP contribution in [0, 0.1) is 5.82 Å². The molecule has 28 heavy (non-hydrogen) atoms. The van der Waals surface area contributed by atoms with Gasteiger partial charge in [-0.15, -0.1) is 24.0 Å². The lowest BCUT2D eigenvalue weighted by Crippen LogP contribution is -2.42. The Bertz CT molecular complexity index is 730. The van der Waals surface area contributed by atoms with E-state index >= 15 is 0 Å². The molecule has 1 aromatic heterocycles. The van der Waals surface area contributed by atoms with Gasteiger partial charge < -0.3 is 19.9 Å². The first-order chi connectivity index (χ1) is 13.1. The van der Waals surface area contributed by atoms with E-state index in [1.165, 1.54) is 6.07 Å². The van der Waals surface area contributed by atoms with Gasteiger partial charge in [-0.1, -0.05) is 38.1 Å². The molecule has 1 unspecified atom stereocenters. The van der Waals surface area contributed by atoms with Crippen molar-refractivity contribution in [3.63, 3.8) is 0 Å². The van der Waals surface area contributed by atoms with Crippen LogP contribution in [-0.4, -0.2) is 30.8 Å². The van der Waals surface area contributed by atoms with Crippen LogP contribution in [0.4, 0.5) is 4.39 Å². The van der Waals surface area contributed by atoms with Gasteiger partial charge in [-0.2, -0.15) is 0 Å². The quantitative estimate of drug-likeness (QED) is 0.306. The van der Waals surface area contributed by atoms with Crippen molar-refractivity contribution in [3.05, 3.63) is 47.1 Å². The first-order valence-electron chi connectivity index (χ1n) is 9.44. The number of aliphatic imine (C=N–C) groups is 1. The lowest BCUT2D eigenvalue weighted by atomic mass is 10.1. The maximum Gasteiger partial charge on any atom is 0.191 e. The number of rotatable bonds is 9. The van der Waals surface area contributed by atoms with Gasteiger partial charge in [0.15, 0.2) is 17.5 Å². The average molecular weight is 504 g/mol. The van der Waals surface area contributed by atoms with Crippen molar-refractivity contribution in [1.29, 1.82) is 0 Å². The smallest absolute Gasteiger partial charge is 0.191 e. The summed E-state index contributed by atoms with van der Waals surface area (Å²) in [6, 6.07) is 6.43. The number of para-hydroxylation sites is 1. The molecule has 0 aliphatic rings. The van der Waals surface area contributed by atoms with Gasteiger partial charge in [-0.3, -0.25) is 4.99 Å². The topological polar surface area (TPSA) is 71.7 Å². The summed E-state index contributed by atoms with van der Waals surface area (Å²) in [4.78, 5) is 4.24. The SMILES string of the molecule is CCc1noc(CC)c1CNC(=NC)NCC(CC)Oc1ccccc1F.I. The zero-order valence-electron chi connectivity index (χ0n) is 16.9. The maximum absolute atomic E-state index is 13.8. The molecule has 0 bridgehead atoms. The van der Waals surface area contributed by atoms with Crippen LogP contribution in [0.1, 0.15) is 44.2 Å². The van der Waals surface area contributed by atoms with E-state index in [2.05, 4.69) is 27.7 Å². The number of aryl methyl sites for hydroxylation is 2. The number of aromatic nitrogens is 1. The van der Waals surface area contributed by atoms with Gasteiger partial charge in [0.25, 0.3) is 0 Å². The van der Waals surface area contributed by atoms with Gasteiger partial charge in [0.05, 0.1) is 12.2 Å². The Morgan fingerprint density at radius 1 is 1.21 bits per heavy atom. The van der Waals surface area contributed by atoms with E-state index in [0.29, 0.717) is 19.0 Å². The molecule has 1 aromatic carbocycles. The van der Waals surface area contributed by atoms with Crippen LogP contribution >= 0.6 is 24.0 Å². The summed E-state index contributed by atoms with van der Waals surface area (Å²) < 4.78 is 24.9. The molecule has 1 atom stereocenters. The van der Waals surface area contributed by atoms with Gasteiger partial charge >= 0.3 is 0 Å². The zero-order chi connectivity index (χ0) is 19.6. The minimum atomic E-state index is -0.356. The van der Waals surface area contributed by atoms with Crippen LogP contribution in [-0.2, 0) is 19.4 Å². The van der Waals surface area contributed by atoms with Gasteiger partial charge in [0.2, 0.25) is 0 Å². The molecule has 0 spiro atoms. The van der Waals surface area contributed by atoms with E-state index in [1.54, 1.807) is 25.2 Å². The Kier molecular flexibility index (Phi) is 10.9. The van der Waals surface area contributed by atoms with Crippen molar-refractivity contribution < 1.29 is 13.7 Å². The second-order valence-electron chi connectivity index (χ2n) is 6.12. The highest BCUT2D eigenvalue weighted by Gasteiger charge is 2.15. The molecule has 6 nitrogen and oxygen atoms in total. The predicted molar refractivity (Wildman–Crippen MR) is 120 cm³/mol. The van der Waals surface area contributed by atoms with Crippen LogP contribution in [0.5, 0.6) is 5.75 Å². The molecule has 0 fully saturated rings. The molecule has 8 heteroatoms. The molecule has 2 N–H and O–H groups in total. The van der Waals surface area contributed by atoms with Crippen molar-refractivity contribution in [2.45, 2.75) is 52.7 Å². The van der Waals surface area contributed by atoms with Crippen molar-refractivity contribution in [2.75, 3.05) is 13.6 Å². The summed E-state index contributed by atoms with van der Waals surface area (Å²) in [5.74, 6) is 1.45. The van der Waals surface area contributed by atoms with Crippen LogP contribution < -0.4 is 15.4 Å². The van der Waals surface area contributed by atoms with E-state index < -0.39 is 0 Å². The lowest BCUT2D eigenvalue weighted by molar-refractivity contribution is 0.191. The Labute approximate surface area is 183 Å². The van der Waals surface area contributed by atoms with E-state index in [0.717, 1.165) is 36.3 Å². The Hall–Kier alpha value is -1.84. The van der Waals surface area contributed by atoms with Crippen molar-refractivity contribution >= 4 is 29.9 Å². The molecule has 0 saturated heterocycles. The van der Waals surface area contributed by atoms with E-state index in [9.17, 15) is 4.39 Å². The number of ether oxygens (including phenoxy) is 1. The highest BCUT2D eigenvalue weighted by molar-refractivity contribution is 14.0. The second-order valence-corrected chi connectivity index (χ2v) is 6.12. The summed E-state index contributed by atoms with van der Waals surface area (Å²) in [5.41, 5.74) is 2.04. The lowest BCUT2D eigenvalue weighted by Gasteiger charge is -2.20.